The minimum Gasteiger partial charge on any atom is -0.494 e. The second kappa shape index (κ2) is 8.12. The zero-order chi connectivity index (χ0) is 18.6. The van der Waals surface area contributed by atoms with Crippen molar-refractivity contribution in [3.05, 3.63) is 24.3 Å². The molecule has 5 atom stereocenters. The van der Waals surface area contributed by atoms with Gasteiger partial charge in [0.25, 0.3) is 0 Å². The summed E-state index contributed by atoms with van der Waals surface area (Å²) in [7, 11) is 0. The summed E-state index contributed by atoms with van der Waals surface area (Å²) in [6.07, 6.45) is -8.60. The third-order valence-corrected chi connectivity index (χ3v) is 3.55. The topological polar surface area (TPSA) is 158 Å². The molecular weight excluding hydrogens is 336 g/mol. The van der Waals surface area contributed by atoms with E-state index in [1.54, 1.807) is 24.3 Å². The van der Waals surface area contributed by atoms with Crippen LogP contribution in [0.5, 0.6) is 5.75 Å². The van der Waals surface area contributed by atoms with Crippen LogP contribution in [0, 0.1) is 0 Å². The number of hydrogen-bond donors (Lipinski definition) is 6. The number of nitrogens with one attached hydrogen (secondary N) is 2. The van der Waals surface area contributed by atoms with Gasteiger partial charge in [-0.25, -0.2) is 9.59 Å². The number of carboxylic acids is 1. The van der Waals surface area contributed by atoms with Crippen molar-refractivity contribution in [3.8, 4) is 5.75 Å². The van der Waals surface area contributed by atoms with Crippen molar-refractivity contribution in [2.45, 2.75) is 37.6 Å². The number of carboxylic acid groups (broad SMARTS) is 1. The maximum Gasteiger partial charge on any atom is 0.335 e. The molecule has 2 rings (SSSR count). The average Bonchev–Trinajstić information content (AvgIpc) is 2.57. The third-order valence-electron chi connectivity index (χ3n) is 3.55. The Kier molecular flexibility index (Phi) is 6.15. The fourth-order valence-electron chi connectivity index (χ4n) is 2.30. The highest BCUT2D eigenvalue weighted by molar-refractivity contribution is 5.89. The molecule has 1 saturated heterocycles. The normalized spacial score (nSPS) is 28.9. The van der Waals surface area contributed by atoms with Crippen molar-refractivity contribution in [1.29, 1.82) is 0 Å². The summed E-state index contributed by atoms with van der Waals surface area (Å²) in [6.45, 7) is 2.34. The first-order chi connectivity index (χ1) is 11.8. The minimum absolute atomic E-state index is 0.418. The Morgan fingerprint density at radius 3 is 2.32 bits per heavy atom. The third kappa shape index (κ3) is 4.57. The van der Waals surface area contributed by atoms with Gasteiger partial charge in [-0.2, -0.15) is 0 Å². The van der Waals surface area contributed by atoms with Crippen LogP contribution in [0.15, 0.2) is 24.3 Å². The predicted molar refractivity (Wildman–Crippen MR) is 84.1 cm³/mol. The fraction of sp³-hybridized carbons (Fsp3) is 0.467. The van der Waals surface area contributed by atoms with Crippen LogP contribution < -0.4 is 15.4 Å². The molecule has 1 aliphatic heterocycles. The van der Waals surface area contributed by atoms with Crippen LogP contribution in [-0.2, 0) is 9.53 Å². The number of aliphatic carboxylic acids is 1. The van der Waals surface area contributed by atoms with E-state index in [0.29, 0.717) is 18.0 Å². The SMILES string of the molecule is CCOc1ccc(NC(=O)NC2O[C@H](C(=O)O)[C@@H](O)[C@H](O)[C@H]2O)cc1. The quantitative estimate of drug-likeness (QED) is 0.396. The molecule has 1 aromatic rings. The molecule has 10 nitrogen and oxygen atoms in total. The van der Waals surface area contributed by atoms with E-state index in [9.17, 15) is 24.9 Å². The van der Waals surface area contributed by atoms with Gasteiger partial charge < -0.3 is 40.5 Å². The number of anilines is 1. The molecule has 1 aromatic carbocycles. The van der Waals surface area contributed by atoms with E-state index in [2.05, 4.69) is 10.6 Å². The average molecular weight is 356 g/mol. The number of carbonyl (C=O) groups excluding carboxylic acids is 1. The lowest BCUT2D eigenvalue weighted by Gasteiger charge is -2.38. The highest BCUT2D eigenvalue weighted by Crippen LogP contribution is 2.20. The number of hydrogen-bond acceptors (Lipinski definition) is 7. The van der Waals surface area contributed by atoms with Crippen molar-refractivity contribution in [1.82, 2.24) is 5.32 Å². The van der Waals surface area contributed by atoms with Gasteiger partial charge in [0.1, 0.15) is 24.1 Å². The maximum atomic E-state index is 12.0. The summed E-state index contributed by atoms with van der Waals surface area (Å²) >= 11 is 0. The van der Waals surface area contributed by atoms with Crippen molar-refractivity contribution >= 4 is 17.7 Å². The van der Waals surface area contributed by atoms with E-state index >= 15 is 0 Å². The molecule has 0 spiro atoms. The van der Waals surface area contributed by atoms with Crippen LogP contribution in [0.1, 0.15) is 6.92 Å². The van der Waals surface area contributed by atoms with Crippen LogP contribution in [0.25, 0.3) is 0 Å². The first kappa shape index (κ1) is 18.9. The largest absolute Gasteiger partial charge is 0.494 e. The molecule has 0 radical (unpaired) electrons. The van der Waals surface area contributed by atoms with Gasteiger partial charge in [-0.15, -0.1) is 0 Å². The highest BCUT2D eigenvalue weighted by atomic mass is 16.6. The van der Waals surface area contributed by atoms with Crippen molar-refractivity contribution in [3.63, 3.8) is 0 Å². The number of benzene rings is 1. The molecule has 1 unspecified atom stereocenters. The van der Waals surface area contributed by atoms with Gasteiger partial charge in [0, 0.05) is 5.69 Å². The number of aliphatic hydroxyl groups excluding tert-OH is 3. The van der Waals surface area contributed by atoms with Crippen LogP contribution in [0.3, 0.4) is 0 Å². The zero-order valence-electron chi connectivity index (χ0n) is 13.3. The number of rotatable bonds is 5. The van der Waals surface area contributed by atoms with E-state index in [1.165, 1.54) is 0 Å². The number of urea groups is 1. The Morgan fingerprint density at radius 1 is 1.12 bits per heavy atom. The summed E-state index contributed by atoms with van der Waals surface area (Å²) < 4.78 is 10.2. The lowest BCUT2D eigenvalue weighted by atomic mass is 9.98. The van der Waals surface area contributed by atoms with Crippen molar-refractivity contribution < 1.29 is 39.5 Å². The smallest absolute Gasteiger partial charge is 0.335 e. The van der Waals surface area contributed by atoms with Gasteiger partial charge in [0.15, 0.2) is 12.3 Å². The van der Waals surface area contributed by atoms with Gasteiger partial charge in [-0.3, -0.25) is 0 Å². The molecule has 0 aromatic heterocycles. The predicted octanol–water partition coefficient (Wildman–Crippen LogP) is -0.901. The van der Waals surface area contributed by atoms with E-state index in [4.69, 9.17) is 14.6 Å². The van der Waals surface area contributed by atoms with E-state index < -0.39 is 42.6 Å². The Labute approximate surface area is 143 Å². The minimum atomic E-state index is -1.82. The Bertz CT molecular complexity index is 608. The molecule has 2 amide bonds. The summed E-state index contributed by atoms with van der Waals surface area (Å²) in [6, 6.07) is 5.67. The van der Waals surface area contributed by atoms with Gasteiger partial charge in [0.2, 0.25) is 0 Å². The highest BCUT2D eigenvalue weighted by Gasteiger charge is 2.47. The molecule has 0 saturated carbocycles. The van der Waals surface area contributed by atoms with Gasteiger partial charge in [-0.05, 0) is 31.2 Å². The molecule has 0 aliphatic carbocycles. The summed E-state index contributed by atoms with van der Waals surface area (Å²) in [5, 5.41) is 42.7. The van der Waals surface area contributed by atoms with Crippen LogP contribution in [0.2, 0.25) is 0 Å². The number of ether oxygens (including phenoxy) is 2. The number of carbonyl (C=O) groups is 2. The Hall–Kier alpha value is -2.40. The van der Waals surface area contributed by atoms with Crippen LogP contribution in [0.4, 0.5) is 10.5 Å². The number of amides is 2. The molecule has 1 aliphatic rings. The molecule has 1 heterocycles. The first-order valence-corrected chi connectivity index (χ1v) is 7.56. The van der Waals surface area contributed by atoms with Crippen LogP contribution >= 0.6 is 0 Å². The summed E-state index contributed by atoms with van der Waals surface area (Å²) in [5.41, 5.74) is 0.418. The molecule has 138 valence electrons. The number of aliphatic hydroxyl groups is 3. The lowest BCUT2D eigenvalue weighted by molar-refractivity contribution is -0.231. The monoisotopic (exact) mass is 356 g/mol. The second-order valence-corrected chi connectivity index (χ2v) is 5.34. The van der Waals surface area contributed by atoms with Gasteiger partial charge >= 0.3 is 12.0 Å². The van der Waals surface area contributed by atoms with Gasteiger partial charge in [-0.1, -0.05) is 0 Å². The Morgan fingerprint density at radius 2 is 1.76 bits per heavy atom. The second-order valence-electron chi connectivity index (χ2n) is 5.34. The van der Waals surface area contributed by atoms with Crippen molar-refractivity contribution in [2.75, 3.05) is 11.9 Å². The molecule has 6 N–H and O–H groups in total. The fourth-order valence-corrected chi connectivity index (χ4v) is 2.30. The molecule has 10 heteroatoms. The van der Waals surface area contributed by atoms with E-state index in [1.807, 2.05) is 6.92 Å². The van der Waals surface area contributed by atoms with Crippen molar-refractivity contribution in [2.24, 2.45) is 0 Å². The lowest BCUT2D eigenvalue weighted by Crippen LogP contribution is -2.64. The zero-order valence-corrected chi connectivity index (χ0v) is 13.3. The molecule has 25 heavy (non-hydrogen) atoms. The standard InChI is InChI=1S/C15H20N2O8/c1-2-24-8-5-3-7(4-6-8)16-15(23)17-13-11(20)9(18)10(19)12(25-13)14(21)22/h3-6,9-13,18-20H,2H2,1H3,(H,21,22)(H2,16,17,23)/t9-,10-,11+,12-,13?/m0/s1. The first-order valence-electron chi connectivity index (χ1n) is 7.56. The molecule has 0 bridgehead atoms. The Balaban J connectivity index is 1.97. The van der Waals surface area contributed by atoms with E-state index in [0.717, 1.165) is 0 Å². The summed E-state index contributed by atoms with van der Waals surface area (Å²) in [5.74, 6) is -0.905. The maximum absolute atomic E-state index is 12.0. The van der Waals surface area contributed by atoms with E-state index in [-0.39, 0.29) is 0 Å². The van der Waals surface area contributed by atoms with Crippen LogP contribution in [-0.4, -0.2) is 69.7 Å². The molecule has 1 fully saturated rings. The van der Waals surface area contributed by atoms with Gasteiger partial charge in [0.05, 0.1) is 6.61 Å². The summed E-state index contributed by atoms with van der Waals surface area (Å²) in [4.78, 5) is 23.0. The molecular formula is C15H20N2O8.